The fraction of sp³-hybridized carbons (Fsp3) is 0.444. The average molecular weight is 291 g/mol. The number of hydrogen-bond acceptors (Lipinski definition) is 4. The number of pyridine rings is 1. The van der Waals surface area contributed by atoms with Crippen molar-refractivity contribution in [1.29, 1.82) is 0 Å². The lowest BCUT2D eigenvalue weighted by Gasteiger charge is -2.28. The molecule has 1 aliphatic rings. The summed E-state index contributed by atoms with van der Waals surface area (Å²) >= 11 is 3.34. The Kier molecular flexibility index (Phi) is 2.97. The van der Waals surface area contributed by atoms with Crippen molar-refractivity contribution < 1.29 is 8.42 Å². The highest BCUT2D eigenvalue weighted by Gasteiger charge is 2.21. The number of anilines is 1. The van der Waals surface area contributed by atoms with E-state index in [1.807, 2.05) is 11.0 Å². The molecule has 0 radical (unpaired) electrons. The molecule has 0 spiro atoms. The summed E-state index contributed by atoms with van der Waals surface area (Å²) in [5.74, 6) is 0.471. The Labute approximate surface area is 97.4 Å². The lowest BCUT2D eigenvalue weighted by Crippen LogP contribution is -2.40. The van der Waals surface area contributed by atoms with Gasteiger partial charge in [-0.05, 0) is 22.0 Å². The minimum Gasteiger partial charge on any atom is -0.368 e. The Bertz CT molecular complexity index is 447. The van der Waals surface area contributed by atoms with Crippen LogP contribution in [0.5, 0.6) is 0 Å². The van der Waals surface area contributed by atoms with Crippen molar-refractivity contribution in [3.8, 4) is 0 Å². The van der Waals surface area contributed by atoms with Crippen LogP contribution in [0.4, 0.5) is 5.69 Å². The minimum absolute atomic E-state index is 0.236. The van der Waals surface area contributed by atoms with Crippen LogP contribution in [0.1, 0.15) is 0 Å². The van der Waals surface area contributed by atoms with Gasteiger partial charge in [-0.15, -0.1) is 0 Å². The highest BCUT2D eigenvalue weighted by atomic mass is 79.9. The van der Waals surface area contributed by atoms with Crippen LogP contribution in [0.2, 0.25) is 0 Å². The third kappa shape index (κ3) is 2.69. The normalized spacial score (nSPS) is 20.2. The maximum atomic E-state index is 11.2. The van der Waals surface area contributed by atoms with Gasteiger partial charge in [-0.2, -0.15) is 0 Å². The fourth-order valence-electron chi connectivity index (χ4n) is 1.54. The molecule has 1 saturated heterocycles. The van der Waals surface area contributed by atoms with Crippen LogP contribution in [0.15, 0.2) is 22.9 Å². The van der Waals surface area contributed by atoms with Crippen molar-refractivity contribution in [3.63, 3.8) is 0 Å². The van der Waals surface area contributed by atoms with Gasteiger partial charge in [-0.1, -0.05) is 0 Å². The molecule has 2 heterocycles. The molecule has 82 valence electrons. The number of hydrogen-bond donors (Lipinski definition) is 0. The molecule has 0 aromatic carbocycles. The molecular weight excluding hydrogens is 280 g/mol. The van der Waals surface area contributed by atoms with Gasteiger partial charge in [0.2, 0.25) is 0 Å². The first-order valence-corrected chi connectivity index (χ1v) is 7.24. The number of halogens is 1. The Balaban J connectivity index is 2.14. The third-order valence-corrected chi connectivity index (χ3v) is 4.44. The molecule has 15 heavy (non-hydrogen) atoms. The van der Waals surface area contributed by atoms with E-state index >= 15 is 0 Å². The lowest BCUT2D eigenvalue weighted by molar-refractivity contribution is 0.586. The van der Waals surface area contributed by atoms with E-state index in [-0.39, 0.29) is 11.5 Å². The molecule has 0 aliphatic carbocycles. The van der Waals surface area contributed by atoms with E-state index in [0.29, 0.717) is 13.1 Å². The maximum Gasteiger partial charge on any atom is 0.153 e. The lowest BCUT2D eigenvalue weighted by atomic mass is 10.3. The van der Waals surface area contributed by atoms with E-state index < -0.39 is 9.84 Å². The van der Waals surface area contributed by atoms with Gasteiger partial charge in [0.05, 0.1) is 23.4 Å². The molecule has 0 amide bonds. The van der Waals surface area contributed by atoms with Gasteiger partial charge in [0, 0.05) is 23.8 Å². The van der Waals surface area contributed by atoms with Crippen LogP contribution in [0.3, 0.4) is 0 Å². The van der Waals surface area contributed by atoms with Gasteiger partial charge in [0.25, 0.3) is 0 Å². The second-order valence-electron chi connectivity index (χ2n) is 3.50. The highest BCUT2D eigenvalue weighted by molar-refractivity contribution is 9.10. The smallest absolute Gasteiger partial charge is 0.153 e. The molecular formula is C9H11BrN2O2S. The first-order chi connectivity index (χ1) is 7.07. The van der Waals surface area contributed by atoms with Gasteiger partial charge in [-0.3, -0.25) is 4.98 Å². The van der Waals surface area contributed by atoms with E-state index in [1.54, 1.807) is 12.4 Å². The molecule has 0 unspecified atom stereocenters. The second kappa shape index (κ2) is 4.09. The molecule has 4 nitrogen and oxygen atoms in total. The molecule has 2 rings (SSSR count). The zero-order chi connectivity index (χ0) is 10.9. The summed E-state index contributed by atoms with van der Waals surface area (Å²) in [7, 11) is -2.81. The summed E-state index contributed by atoms with van der Waals surface area (Å²) in [6.45, 7) is 1.11. The maximum absolute atomic E-state index is 11.2. The Morgan fingerprint density at radius 2 is 1.93 bits per heavy atom. The third-order valence-electron chi connectivity index (χ3n) is 2.40. The summed E-state index contributed by atoms with van der Waals surface area (Å²) in [6, 6.07) is 1.95. The van der Waals surface area contributed by atoms with E-state index in [0.717, 1.165) is 10.2 Å². The molecule has 0 saturated carbocycles. The van der Waals surface area contributed by atoms with Crippen LogP contribution in [-0.4, -0.2) is 38.0 Å². The Hall–Kier alpha value is -0.620. The molecule has 1 fully saturated rings. The van der Waals surface area contributed by atoms with Crippen molar-refractivity contribution in [2.75, 3.05) is 29.5 Å². The number of nitrogens with zero attached hydrogens (tertiary/aromatic N) is 2. The van der Waals surface area contributed by atoms with Crippen LogP contribution >= 0.6 is 15.9 Å². The topological polar surface area (TPSA) is 50.3 Å². The van der Waals surface area contributed by atoms with E-state index in [1.165, 1.54) is 0 Å². The summed E-state index contributed by atoms with van der Waals surface area (Å²) in [5, 5.41) is 0. The standard InChI is InChI=1S/C9H11BrN2O2S/c10-8-5-9(7-11-6-8)12-1-3-15(13,14)4-2-12/h5-7H,1-4H2. The second-order valence-corrected chi connectivity index (χ2v) is 6.72. The highest BCUT2D eigenvalue weighted by Crippen LogP contribution is 2.19. The predicted octanol–water partition coefficient (Wildman–Crippen LogP) is 1.08. The molecule has 6 heteroatoms. The van der Waals surface area contributed by atoms with Gasteiger partial charge in [0.1, 0.15) is 0 Å². The van der Waals surface area contributed by atoms with E-state index in [2.05, 4.69) is 20.9 Å². The van der Waals surface area contributed by atoms with Crippen molar-refractivity contribution >= 4 is 31.5 Å². The summed E-state index contributed by atoms with van der Waals surface area (Å²) in [6.07, 6.45) is 3.47. The number of rotatable bonds is 1. The summed E-state index contributed by atoms with van der Waals surface area (Å²) in [5.41, 5.74) is 0.972. The zero-order valence-electron chi connectivity index (χ0n) is 8.06. The largest absolute Gasteiger partial charge is 0.368 e. The van der Waals surface area contributed by atoms with Gasteiger partial charge >= 0.3 is 0 Å². The number of aromatic nitrogens is 1. The molecule has 0 atom stereocenters. The zero-order valence-corrected chi connectivity index (χ0v) is 10.5. The molecule has 0 bridgehead atoms. The first-order valence-electron chi connectivity index (χ1n) is 4.63. The van der Waals surface area contributed by atoms with Crippen LogP contribution in [0.25, 0.3) is 0 Å². The molecule has 1 aromatic heterocycles. The fourth-order valence-corrected chi connectivity index (χ4v) is 3.10. The van der Waals surface area contributed by atoms with E-state index in [4.69, 9.17) is 0 Å². The quantitative estimate of drug-likeness (QED) is 0.777. The van der Waals surface area contributed by atoms with Crippen LogP contribution in [0, 0.1) is 0 Å². The summed E-state index contributed by atoms with van der Waals surface area (Å²) in [4.78, 5) is 6.10. The van der Waals surface area contributed by atoms with Gasteiger partial charge < -0.3 is 4.90 Å². The van der Waals surface area contributed by atoms with Crippen LogP contribution < -0.4 is 4.90 Å². The molecule has 1 aliphatic heterocycles. The van der Waals surface area contributed by atoms with E-state index in [9.17, 15) is 8.42 Å². The minimum atomic E-state index is -2.81. The number of sulfone groups is 1. The Morgan fingerprint density at radius 3 is 2.53 bits per heavy atom. The van der Waals surface area contributed by atoms with Crippen molar-refractivity contribution in [2.24, 2.45) is 0 Å². The van der Waals surface area contributed by atoms with Crippen LogP contribution in [-0.2, 0) is 9.84 Å². The van der Waals surface area contributed by atoms with Gasteiger partial charge in [-0.25, -0.2) is 8.42 Å². The van der Waals surface area contributed by atoms with Crippen molar-refractivity contribution in [3.05, 3.63) is 22.9 Å². The molecule has 0 N–H and O–H groups in total. The van der Waals surface area contributed by atoms with Crippen molar-refractivity contribution in [2.45, 2.75) is 0 Å². The van der Waals surface area contributed by atoms with Gasteiger partial charge in [0.15, 0.2) is 9.84 Å². The Morgan fingerprint density at radius 1 is 1.27 bits per heavy atom. The SMILES string of the molecule is O=S1(=O)CCN(c2cncc(Br)c2)CC1. The first kappa shape index (κ1) is 10.9. The van der Waals surface area contributed by atoms with Crippen molar-refractivity contribution in [1.82, 2.24) is 4.98 Å². The average Bonchev–Trinajstić information content (AvgIpc) is 2.17. The predicted molar refractivity (Wildman–Crippen MR) is 62.8 cm³/mol. The summed E-state index contributed by atoms with van der Waals surface area (Å²) < 4.78 is 23.4. The molecule has 1 aromatic rings. The monoisotopic (exact) mass is 290 g/mol.